The van der Waals surface area contributed by atoms with Crippen LogP contribution in [0.5, 0.6) is 0 Å². The number of piperidine rings is 1. The van der Waals surface area contributed by atoms with Gasteiger partial charge in [0.25, 0.3) is 5.91 Å². The quantitative estimate of drug-likeness (QED) is 0.736. The van der Waals surface area contributed by atoms with Crippen LogP contribution >= 0.6 is 0 Å². The van der Waals surface area contributed by atoms with Gasteiger partial charge < -0.3 is 15.3 Å². The summed E-state index contributed by atoms with van der Waals surface area (Å²) in [6.07, 6.45) is 3.40. The molecule has 0 spiro atoms. The van der Waals surface area contributed by atoms with Gasteiger partial charge in [0, 0.05) is 11.6 Å². The third-order valence-electron chi connectivity index (χ3n) is 5.08. The van der Waals surface area contributed by atoms with E-state index in [2.05, 4.69) is 27.3 Å². The fraction of sp³-hybridized carbons (Fsp3) is 0.350. The van der Waals surface area contributed by atoms with Crippen LogP contribution in [-0.4, -0.2) is 56.7 Å². The van der Waals surface area contributed by atoms with Crippen molar-refractivity contribution < 1.29 is 9.90 Å². The Morgan fingerprint density at radius 3 is 2.70 bits per heavy atom. The molecule has 0 aliphatic carbocycles. The van der Waals surface area contributed by atoms with Crippen molar-refractivity contribution in [3.8, 4) is 11.3 Å². The molecular weight excluding hydrogens is 342 g/mol. The van der Waals surface area contributed by atoms with Crippen LogP contribution in [-0.2, 0) is 6.61 Å². The standard InChI is InChI=1S/C20H23N5O2/c1-24-9-7-15(8-10-24)22-20(27)17-12-21-25-16(13-26)11-18(23-19(17)25)14-5-3-2-4-6-14/h2-6,11-12,15,26H,7-10,13H2,1H3,(H,22,27). The molecule has 7 nitrogen and oxygen atoms in total. The van der Waals surface area contributed by atoms with Crippen LogP contribution in [0.1, 0.15) is 28.9 Å². The number of benzene rings is 1. The van der Waals surface area contributed by atoms with Crippen LogP contribution in [0.4, 0.5) is 0 Å². The van der Waals surface area contributed by atoms with Crippen LogP contribution < -0.4 is 5.32 Å². The van der Waals surface area contributed by atoms with Crippen LogP contribution in [0.3, 0.4) is 0 Å². The third kappa shape index (κ3) is 3.56. The monoisotopic (exact) mass is 365 g/mol. The average molecular weight is 365 g/mol. The first-order chi connectivity index (χ1) is 13.2. The average Bonchev–Trinajstić information content (AvgIpc) is 3.14. The molecule has 140 valence electrons. The first kappa shape index (κ1) is 17.6. The minimum atomic E-state index is -0.184. The number of nitrogens with one attached hydrogen (secondary N) is 1. The molecule has 1 aliphatic rings. The highest BCUT2D eigenvalue weighted by atomic mass is 16.3. The summed E-state index contributed by atoms with van der Waals surface area (Å²) in [5.41, 5.74) is 3.13. The number of hydrogen-bond acceptors (Lipinski definition) is 5. The number of hydrogen-bond donors (Lipinski definition) is 2. The van der Waals surface area contributed by atoms with E-state index in [4.69, 9.17) is 0 Å². The van der Waals surface area contributed by atoms with Crippen LogP contribution in [0.2, 0.25) is 0 Å². The fourth-order valence-corrected chi connectivity index (χ4v) is 3.47. The lowest BCUT2D eigenvalue weighted by molar-refractivity contribution is 0.0918. The molecule has 27 heavy (non-hydrogen) atoms. The van der Waals surface area contributed by atoms with E-state index in [0.29, 0.717) is 22.6 Å². The van der Waals surface area contributed by atoms with Gasteiger partial charge in [-0.05, 0) is 39.0 Å². The molecule has 0 radical (unpaired) electrons. The molecular formula is C20H23N5O2. The maximum absolute atomic E-state index is 12.8. The second-order valence-corrected chi connectivity index (χ2v) is 7.00. The number of amides is 1. The minimum absolute atomic E-state index is 0.165. The first-order valence-electron chi connectivity index (χ1n) is 9.19. The lowest BCUT2D eigenvalue weighted by Crippen LogP contribution is -2.43. The van der Waals surface area contributed by atoms with Crippen molar-refractivity contribution in [1.82, 2.24) is 24.8 Å². The Hall–Kier alpha value is -2.77. The van der Waals surface area contributed by atoms with Gasteiger partial charge in [0.05, 0.1) is 24.2 Å². The van der Waals surface area contributed by atoms with Crippen molar-refractivity contribution in [2.24, 2.45) is 0 Å². The second kappa shape index (κ2) is 7.46. The number of aliphatic hydroxyl groups excluding tert-OH is 1. The number of aromatic nitrogens is 3. The lowest BCUT2D eigenvalue weighted by atomic mass is 10.1. The van der Waals surface area contributed by atoms with Gasteiger partial charge in [-0.2, -0.15) is 5.10 Å². The smallest absolute Gasteiger partial charge is 0.256 e. The molecule has 0 atom stereocenters. The van der Waals surface area contributed by atoms with E-state index in [1.54, 1.807) is 6.07 Å². The predicted octanol–water partition coefficient (Wildman–Crippen LogP) is 1.71. The molecule has 1 aromatic carbocycles. The van der Waals surface area contributed by atoms with E-state index >= 15 is 0 Å². The van der Waals surface area contributed by atoms with Crippen LogP contribution in [0.15, 0.2) is 42.6 Å². The second-order valence-electron chi connectivity index (χ2n) is 7.00. The Kier molecular flexibility index (Phi) is 4.87. The topological polar surface area (TPSA) is 82.8 Å². The van der Waals surface area contributed by atoms with Gasteiger partial charge >= 0.3 is 0 Å². The van der Waals surface area contributed by atoms with Crippen molar-refractivity contribution in [2.75, 3.05) is 20.1 Å². The Morgan fingerprint density at radius 1 is 1.26 bits per heavy atom. The molecule has 1 aliphatic heterocycles. The molecule has 7 heteroatoms. The zero-order valence-corrected chi connectivity index (χ0v) is 15.3. The number of rotatable bonds is 4. The van der Waals surface area contributed by atoms with E-state index in [1.165, 1.54) is 10.7 Å². The zero-order chi connectivity index (χ0) is 18.8. The first-order valence-corrected chi connectivity index (χ1v) is 9.19. The van der Waals surface area contributed by atoms with E-state index in [9.17, 15) is 9.90 Å². The van der Waals surface area contributed by atoms with Gasteiger partial charge in [0.1, 0.15) is 5.56 Å². The number of fused-ring (bicyclic) bond motifs is 1. The fourth-order valence-electron chi connectivity index (χ4n) is 3.47. The third-order valence-corrected chi connectivity index (χ3v) is 5.08. The van der Waals surface area contributed by atoms with Crippen molar-refractivity contribution in [3.63, 3.8) is 0 Å². The highest BCUT2D eigenvalue weighted by molar-refractivity contribution is 6.00. The number of carbonyl (C=O) groups is 1. The highest BCUT2D eigenvalue weighted by Crippen LogP contribution is 2.21. The molecule has 1 saturated heterocycles. The molecule has 0 bridgehead atoms. The Bertz CT molecular complexity index is 946. The molecule has 3 aromatic rings. The number of carbonyl (C=O) groups excluding carboxylic acids is 1. The van der Waals surface area contributed by atoms with Gasteiger partial charge in [0.15, 0.2) is 5.65 Å². The Labute approximate surface area is 157 Å². The summed E-state index contributed by atoms with van der Waals surface area (Å²) in [6, 6.07) is 11.7. The zero-order valence-electron chi connectivity index (χ0n) is 15.3. The molecule has 1 amide bonds. The van der Waals surface area contributed by atoms with Gasteiger partial charge in [0.2, 0.25) is 0 Å². The molecule has 0 saturated carbocycles. The summed E-state index contributed by atoms with van der Waals surface area (Å²) < 4.78 is 1.54. The predicted molar refractivity (Wildman–Crippen MR) is 102 cm³/mol. The highest BCUT2D eigenvalue weighted by Gasteiger charge is 2.22. The van der Waals surface area contributed by atoms with Gasteiger partial charge in [-0.1, -0.05) is 30.3 Å². The summed E-state index contributed by atoms with van der Waals surface area (Å²) in [4.78, 5) is 19.8. The maximum atomic E-state index is 12.8. The largest absolute Gasteiger partial charge is 0.390 e. The Morgan fingerprint density at radius 2 is 2.00 bits per heavy atom. The van der Waals surface area contributed by atoms with Gasteiger partial charge in [-0.3, -0.25) is 4.79 Å². The minimum Gasteiger partial charge on any atom is -0.390 e. The molecule has 3 heterocycles. The molecule has 4 rings (SSSR count). The number of likely N-dealkylation sites (tertiary alicyclic amines) is 1. The van der Waals surface area contributed by atoms with E-state index in [-0.39, 0.29) is 18.6 Å². The Balaban J connectivity index is 1.68. The van der Waals surface area contributed by atoms with Crippen LogP contribution in [0, 0.1) is 0 Å². The summed E-state index contributed by atoms with van der Waals surface area (Å²) in [5.74, 6) is -0.166. The molecule has 1 fully saturated rings. The molecule has 2 N–H and O–H groups in total. The molecule has 2 aromatic heterocycles. The summed E-state index contributed by atoms with van der Waals surface area (Å²) in [5, 5.41) is 17.1. The van der Waals surface area contributed by atoms with Crippen molar-refractivity contribution in [3.05, 3.63) is 53.9 Å². The molecule has 0 unspecified atom stereocenters. The lowest BCUT2D eigenvalue weighted by Gasteiger charge is -2.29. The number of nitrogens with zero attached hydrogens (tertiary/aromatic N) is 4. The summed E-state index contributed by atoms with van der Waals surface area (Å²) in [7, 11) is 2.09. The van der Waals surface area contributed by atoms with Crippen LogP contribution in [0.25, 0.3) is 16.9 Å². The summed E-state index contributed by atoms with van der Waals surface area (Å²) in [6.45, 7) is 1.77. The maximum Gasteiger partial charge on any atom is 0.256 e. The summed E-state index contributed by atoms with van der Waals surface area (Å²) >= 11 is 0. The SMILES string of the molecule is CN1CCC(NC(=O)c2cnn3c(CO)cc(-c4ccccc4)nc23)CC1. The van der Waals surface area contributed by atoms with Crippen molar-refractivity contribution in [1.29, 1.82) is 0 Å². The van der Waals surface area contributed by atoms with E-state index in [0.717, 1.165) is 31.5 Å². The van der Waals surface area contributed by atoms with E-state index < -0.39 is 0 Å². The van der Waals surface area contributed by atoms with Crippen molar-refractivity contribution in [2.45, 2.75) is 25.5 Å². The van der Waals surface area contributed by atoms with E-state index in [1.807, 2.05) is 30.3 Å². The normalized spacial score (nSPS) is 15.9. The van der Waals surface area contributed by atoms with Crippen molar-refractivity contribution >= 4 is 11.6 Å². The van der Waals surface area contributed by atoms with Gasteiger partial charge in [-0.25, -0.2) is 9.50 Å². The number of aliphatic hydroxyl groups is 1. The van der Waals surface area contributed by atoms with Gasteiger partial charge in [-0.15, -0.1) is 0 Å².